The molecular weight excluding hydrogens is 326 g/mol. The highest BCUT2D eigenvalue weighted by atomic mass is 19.1. The molecule has 0 atom stereocenters. The molecule has 1 fully saturated rings. The number of hydrogen-bond donors (Lipinski definition) is 1. The Labute approximate surface area is 148 Å². The van der Waals surface area contributed by atoms with Crippen LogP contribution in [-0.4, -0.2) is 56.6 Å². The molecule has 0 saturated carbocycles. The second-order valence-electron chi connectivity index (χ2n) is 7.43. The molecular formula is C17H26BFN2O4. The fourth-order valence-corrected chi connectivity index (χ4v) is 2.27. The van der Waals surface area contributed by atoms with Crippen molar-refractivity contribution in [3.05, 3.63) is 24.0 Å². The minimum Gasteiger partial charge on any atom is -0.448 e. The van der Waals surface area contributed by atoms with E-state index in [2.05, 4.69) is 5.32 Å². The third kappa shape index (κ3) is 4.93. The zero-order chi connectivity index (χ0) is 18.8. The van der Waals surface area contributed by atoms with Crippen LogP contribution in [0.5, 0.6) is 0 Å². The number of carbonyl (C=O) groups is 1. The van der Waals surface area contributed by atoms with E-state index in [4.69, 9.17) is 14.0 Å². The van der Waals surface area contributed by atoms with Crippen LogP contribution in [-0.2, 0) is 14.0 Å². The molecule has 1 heterocycles. The average Bonchev–Trinajstić information content (AvgIpc) is 2.66. The van der Waals surface area contributed by atoms with Crippen molar-refractivity contribution in [2.45, 2.75) is 38.9 Å². The summed E-state index contributed by atoms with van der Waals surface area (Å²) in [5.41, 5.74) is -0.257. The molecule has 1 aromatic carbocycles. The molecule has 2 rings (SSSR count). The SMILES string of the molecule is CN(C)CCOC(=O)Nc1cc(F)cc(B2OC(C)(C)C(C)(C)O2)c1. The number of nitrogens with zero attached hydrogens (tertiary/aromatic N) is 1. The van der Waals surface area contributed by atoms with Crippen LogP contribution < -0.4 is 10.8 Å². The van der Waals surface area contributed by atoms with Gasteiger partial charge in [-0.1, -0.05) is 0 Å². The van der Waals surface area contributed by atoms with Crippen molar-refractivity contribution in [1.82, 2.24) is 4.90 Å². The van der Waals surface area contributed by atoms with Crippen molar-refractivity contribution >= 4 is 24.4 Å². The molecule has 1 aliphatic rings. The number of ether oxygens (including phenoxy) is 1. The van der Waals surface area contributed by atoms with Gasteiger partial charge in [0.25, 0.3) is 0 Å². The summed E-state index contributed by atoms with van der Waals surface area (Å²) in [5, 5.41) is 2.53. The van der Waals surface area contributed by atoms with Gasteiger partial charge in [-0.15, -0.1) is 0 Å². The number of anilines is 1. The molecule has 0 bridgehead atoms. The molecule has 0 aromatic heterocycles. The molecule has 0 radical (unpaired) electrons. The number of hydrogen-bond acceptors (Lipinski definition) is 5. The van der Waals surface area contributed by atoms with Crippen molar-refractivity contribution in [2.24, 2.45) is 0 Å². The monoisotopic (exact) mass is 352 g/mol. The van der Waals surface area contributed by atoms with E-state index in [0.29, 0.717) is 17.7 Å². The van der Waals surface area contributed by atoms with E-state index in [1.165, 1.54) is 12.1 Å². The largest absolute Gasteiger partial charge is 0.495 e. The van der Waals surface area contributed by atoms with Gasteiger partial charge in [0.1, 0.15) is 12.4 Å². The Morgan fingerprint density at radius 3 is 2.36 bits per heavy atom. The Bertz CT molecular complexity index is 621. The standard InChI is InChI=1S/C17H26BFN2O4/c1-16(2)17(3,4)25-18(24-16)12-9-13(19)11-14(10-12)20-15(22)23-8-7-21(5)6/h9-11H,7-8H2,1-6H3,(H,20,22). The summed E-state index contributed by atoms with van der Waals surface area (Å²) in [6, 6.07) is 4.19. The van der Waals surface area contributed by atoms with Crippen LogP contribution in [0.3, 0.4) is 0 Å². The van der Waals surface area contributed by atoms with Gasteiger partial charge in [0, 0.05) is 12.2 Å². The van der Waals surface area contributed by atoms with Gasteiger partial charge >= 0.3 is 13.2 Å². The van der Waals surface area contributed by atoms with E-state index in [1.54, 1.807) is 6.07 Å². The van der Waals surface area contributed by atoms with Gasteiger partial charge < -0.3 is 18.9 Å². The molecule has 1 N–H and O–H groups in total. The fraction of sp³-hybridized carbons (Fsp3) is 0.588. The van der Waals surface area contributed by atoms with Gasteiger partial charge in [-0.2, -0.15) is 0 Å². The number of halogens is 1. The lowest BCUT2D eigenvalue weighted by Crippen LogP contribution is -2.41. The lowest BCUT2D eigenvalue weighted by atomic mass is 9.79. The minimum atomic E-state index is -0.703. The van der Waals surface area contributed by atoms with Gasteiger partial charge in [0.15, 0.2) is 0 Å². The van der Waals surface area contributed by atoms with Crippen LogP contribution in [0.25, 0.3) is 0 Å². The van der Waals surface area contributed by atoms with E-state index in [1.807, 2.05) is 46.7 Å². The van der Waals surface area contributed by atoms with Crippen LogP contribution in [0, 0.1) is 5.82 Å². The average molecular weight is 352 g/mol. The number of likely N-dealkylation sites (N-methyl/N-ethyl adjacent to an activating group) is 1. The third-order valence-corrected chi connectivity index (χ3v) is 4.46. The van der Waals surface area contributed by atoms with Crippen molar-refractivity contribution in [3.63, 3.8) is 0 Å². The Hall–Kier alpha value is -1.64. The number of carbonyl (C=O) groups excluding carboxylic acids is 1. The molecule has 0 unspecified atom stereocenters. The molecule has 0 spiro atoms. The van der Waals surface area contributed by atoms with Crippen molar-refractivity contribution in [3.8, 4) is 0 Å². The molecule has 138 valence electrons. The Morgan fingerprint density at radius 2 is 1.80 bits per heavy atom. The highest BCUT2D eigenvalue weighted by Gasteiger charge is 2.51. The van der Waals surface area contributed by atoms with Crippen molar-refractivity contribution in [2.75, 3.05) is 32.6 Å². The molecule has 1 aliphatic heterocycles. The first-order chi connectivity index (χ1) is 11.5. The second-order valence-corrected chi connectivity index (χ2v) is 7.43. The van der Waals surface area contributed by atoms with Gasteiger partial charge in [-0.05, 0) is 65.5 Å². The zero-order valence-electron chi connectivity index (χ0n) is 15.7. The number of nitrogens with one attached hydrogen (secondary N) is 1. The van der Waals surface area contributed by atoms with Gasteiger partial charge in [0.2, 0.25) is 0 Å². The first-order valence-corrected chi connectivity index (χ1v) is 8.25. The molecule has 8 heteroatoms. The van der Waals surface area contributed by atoms with E-state index in [-0.39, 0.29) is 6.61 Å². The lowest BCUT2D eigenvalue weighted by Gasteiger charge is -2.32. The number of rotatable bonds is 5. The normalized spacial score (nSPS) is 18.5. The zero-order valence-corrected chi connectivity index (χ0v) is 15.7. The first kappa shape index (κ1) is 19.7. The summed E-state index contributed by atoms with van der Waals surface area (Å²) in [6.45, 7) is 8.55. The highest BCUT2D eigenvalue weighted by molar-refractivity contribution is 6.62. The summed E-state index contributed by atoms with van der Waals surface area (Å²) in [5.74, 6) is -0.490. The molecule has 1 aromatic rings. The van der Waals surface area contributed by atoms with Crippen LogP contribution in [0.4, 0.5) is 14.9 Å². The lowest BCUT2D eigenvalue weighted by molar-refractivity contribution is 0.00578. The summed E-state index contributed by atoms with van der Waals surface area (Å²) in [7, 11) is 3.06. The van der Waals surface area contributed by atoms with E-state index in [0.717, 1.165) is 0 Å². The Balaban J connectivity index is 2.07. The summed E-state index contributed by atoms with van der Waals surface area (Å²) < 4.78 is 30.9. The second kappa shape index (κ2) is 7.31. The van der Waals surface area contributed by atoms with Gasteiger partial charge in [-0.3, -0.25) is 5.32 Å². The summed E-state index contributed by atoms with van der Waals surface area (Å²) >= 11 is 0. The maximum absolute atomic E-state index is 14.0. The van der Waals surface area contributed by atoms with E-state index in [9.17, 15) is 9.18 Å². The quantitative estimate of drug-likeness (QED) is 0.824. The molecule has 6 nitrogen and oxygen atoms in total. The number of amides is 1. The predicted octanol–water partition coefficient (Wildman–Crippen LogP) is 2.24. The van der Waals surface area contributed by atoms with Crippen molar-refractivity contribution in [1.29, 1.82) is 0 Å². The van der Waals surface area contributed by atoms with Crippen LogP contribution >= 0.6 is 0 Å². The smallest absolute Gasteiger partial charge is 0.448 e. The van der Waals surface area contributed by atoms with E-state index < -0.39 is 30.2 Å². The Kier molecular flexibility index (Phi) is 5.76. The summed E-state index contributed by atoms with van der Waals surface area (Å²) in [4.78, 5) is 13.7. The highest BCUT2D eigenvalue weighted by Crippen LogP contribution is 2.36. The number of benzene rings is 1. The maximum atomic E-state index is 14.0. The Morgan fingerprint density at radius 1 is 1.20 bits per heavy atom. The summed E-state index contributed by atoms with van der Waals surface area (Å²) in [6.07, 6.45) is -0.632. The predicted molar refractivity (Wildman–Crippen MR) is 95.6 cm³/mol. The minimum absolute atomic E-state index is 0.248. The molecule has 25 heavy (non-hydrogen) atoms. The topological polar surface area (TPSA) is 60.0 Å². The van der Waals surface area contributed by atoms with Crippen LogP contribution in [0.15, 0.2) is 18.2 Å². The third-order valence-electron chi connectivity index (χ3n) is 4.46. The molecule has 1 amide bonds. The molecule has 1 saturated heterocycles. The maximum Gasteiger partial charge on any atom is 0.495 e. The van der Waals surface area contributed by atoms with Gasteiger partial charge in [0.05, 0.1) is 11.2 Å². The van der Waals surface area contributed by atoms with Crippen LogP contribution in [0.1, 0.15) is 27.7 Å². The van der Waals surface area contributed by atoms with Crippen molar-refractivity contribution < 1.29 is 23.2 Å². The van der Waals surface area contributed by atoms with Gasteiger partial charge in [-0.25, -0.2) is 9.18 Å². The van der Waals surface area contributed by atoms with Crippen LogP contribution in [0.2, 0.25) is 0 Å². The fourth-order valence-electron chi connectivity index (χ4n) is 2.27. The first-order valence-electron chi connectivity index (χ1n) is 8.25. The molecule has 0 aliphatic carbocycles. The van der Waals surface area contributed by atoms with E-state index >= 15 is 0 Å².